The Balaban J connectivity index is 1.93. The van der Waals surface area contributed by atoms with E-state index in [0.717, 1.165) is 4.90 Å². The van der Waals surface area contributed by atoms with Crippen LogP contribution in [0.4, 0.5) is 10.5 Å². The highest BCUT2D eigenvalue weighted by Crippen LogP contribution is 2.24. The lowest BCUT2D eigenvalue weighted by molar-refractivity contribution is -0.122. The maximum absolute atomic E-state index is 12.7. The molecular weight excluding hydrogens is 356 g/mol. The van der Waals surface area contributed by atoms with Crippen LogP contribution in [0.2, 0.25) is 5.02 Å². The lowest BCUT2D eigenvalue weighted by atomic mass is 10.1. The van der Waals surface area contributed by atoms with Crippen LogP contribution in [0.15, 0.2) is 54.1 Å². The SMILES string of the molecule is CCOc1ccc(C=C2C(=O)NC(=O)N(c3ccc(Cl)cc3)C2=O)cc1. The third-order valence-electron chi connectivity index (χ3n) is 3.69. The van der Waals surface area contributed by atoms with Gasteiger partial charge in [-0.2, -0.15) is 0 Å². The molecule has 0 bridgehead atoms. The Morgan fingerprint density at radius 1 is 1.04 bits per heavy atom. The van der Waals surface area contributed by atoms with Gasteiger partial charge in [-0.05, 0) is 55.0 Å². The van der Waals surface area contributed by atoms with Crippen molar-refractivity contribution in [1.82, 2.24) is 5.32 Å². The molecule has 1 aliphatic heterocycles. The molecule has 0 spiro atoms. The number of hydrogen-bond acceptors (Lipinski definition) is 4. The lowest BCUT2D eigenvalue weighted by Gasteiger charge is -2.26. The number of hydrogen-bond donors (Lipinski definition) is 1. The number of nitrogens with one attached hydrogen (secondary N) is 1. The average Bonchev–Trinajstić information content (AvgIpc) is 2.62. The van der Waals surface area contributed by atoms with Gasteiger partial charge in [0.15, 0.2) is 0 Å². The van der Waals surface area contributed by atoms with Gasteiger partial charge in [0.05, 0.1) is 12.3 Å². The molecule has 1 heterocycles. The second-order valence-electron chi connectivity index (χ2n) is 5.44. The van der Waals surface area contributed by atoms with Gasteiger partial charge in [-0.25, -0.2) is 9.69 Å². The van der Waals surface area contributed by atoms with E-state index in [1.807, 2.05) is 6.92 Å². The van der Waals surface area contributed by atoms with Crippen molar-refractivity contribution in [3.05, 3.63) is 64.7 Å². The molecule has 0 radical (unpaired) electrons. The smallest absolute Gasteiger partial charge is 0.335 e. The Hall–Kier alpha value is -3.12. The number of carbonyl (C=O) groups is 3. The fraction of sp³-hybridized carbons (Fsp3) is 0.105. The Morgan fingerprint density at radius 2 is 1.69 bits per heavy atom. The lowest BCUT2D eigenvalue weighted by Crippen LogP contribution is -2.54. The molecule has 0 atom stereocenters. The number of carbonyl (C=O) groups excluding carboxylic acids is 3. The van der Waals surface area contributed by atoms with Crippen molar-refractivity contribution in [2.75, 3.05) is 11.5 Å². The molecule has 0 unspecified atom stereocenters. The highest BCUT2D eigenvalue weighted by atomic mass is 35.5. The molecule has 4 amide bonds. The highest BCUT2D eigenvalue weighted by Gasteiger charge is 2.36. The first kappa shape index (κ1) is 17.7. The Labute approximate surface area is 155 Å². The van der Waals surface area contributed by atoms with E-state index in [1.54, 1.807) is 36.4 Å². The van der Waals surface area contributed by atoms with Crippen molar-refractivity contribution >= 4 is 41.2 Å². The summed E-state index contributed by atoms with van der Waals surface area (Å²) in [6, 6.07) is 12.3. The van der Waals surface area contributed by atoms with E-state index in [9.17, 15) is 14.4 Å². The molecule has 3 rings (SSSR count). The fourth-order valence-electron chi connectivity index (χ4n) is 2.48. The molecule has 0 saturated carbocycles. The molecule has 132 valence electrons. The van der Waals surface area contributed by atoms with Gasteiger partial charge >= 0.3 is 6.03 Å². The summed E-state index contributed by atoms with van der Waals surface area (Å²) in [6.45, 7) is 2.42. The van der Waals surface area contributed by atoms with Crippen LogP contribution in [0, 0.1) is 0 Å². The first-order valence-corrected chi connectivity index (χ1v) is 8.27. The predicted molar refractivity (Wildman–Crippen MR) is 98.1 cm³/mol. The fourth-order valence-corrected chi connectivity index (χ4v) is 2.60. The second-order valence-corrected chi connectivity index (χ2v) is 5.87. The second kappa shape index (κ2) is 7.41. The quantitative estimate of drug-likeness (QED) is 0.661. The van der Waals surface area contributed by atoms with E-state index in [4.69, 9.17) is 16.3 Å². The number of amides is 4. The zero-order chi connectivity index (χ0) is 18.7. The van der Waals surface area contributed by atoms with Crippen LogP contribution in [-0.2, 0) is 9.59 Å². The van der Waals surface area contributed by atoms with Crippen LogP contribution in [-0.4, -0.2) is 24.5 Å². The molecule has 1 aliphatic rings. The van der Waals surface area contributed by atoms with Gasteiger partial charge < -0.3 is 4.74 Å². The van der Waals surface area contributed by atoms with Crippen LogP contribution >= 0.6 is 11.6 Å². The first-order valence-electron chi connectivity index (χ1n) is 7.89. The van der Waals surface area contributed by atoms with Crippen molar-refractivity contribution in [2.24, 2.45) is 0 Å². The number of halogens is 1. The molecule has 26 heavy (non-hydrogen) atoms. The van der Waals surface area contributed by atoms with Gasteiger partial charge in [0.25, 0.3) is 11.8 Å². The van der Waals surface area contributed by atoms with Crippen LogP contribution < -0.4 is 15.0 Å². The first-order chi connectivity index (χ1) is 12.5. The maximum atomic E-state index is 12.7. The molecule has 0 aromatic heterocycles. The van der Waals surface area contributed by atoms with Gasteiger partial charge in [-0.15, -0.1) is 0 Å². The van der Waals surface area contributed by atoms with Gasteiger partial charge in [0.1, 0.15) is 11.3 Å². The minimum atomic E-state index is -0.800. The van der Waals surface area contributed by atoms with Gasteiger partial charge in [-0.1, -0.05) is 23.7 Å². The van der Waals surface area contributed by atoms with Crippen molar-refractivity contribution in [3.63, 3.8) is 0 Å². The number of anilines is 1. The molecule has 6 nitrogen and oxygen atoms in total. The molecule has 2 aromatic carbocycles. The van der Waals surface area contributed by atoms with Crippen LogP contribution in [0.25, 0.3) is 6.08 Å². The highest BCUT2D eigenvalue weighted by molar-refractivity contribution is 6.39. The number of ether oxygens (including phenoxy) is 1. The Bertz CT molecular complexity index is 889. The zero-order valence-corrected chi connectivity index (χ0v) is 14.6. The topological polar surface area (TPSA) is 75.7 Å². The number of rotatable bonds is 4. The molecule has 7 heteroatoms. The molecule has 1 saturated heterocycles. The third kappa shape index (κ3) is 3.60. The van der Waals surface area contributed by atoms with Crippen LogP contribution in [0.5, 0.6) is 5.75 Å². The van der Waals surface area contributed by atoms with E-state index in [-0.39, 0.29) is 5.57 Å². The van der Waals surface area contributed by atoms with E-state index in [2.05, 4.69) is 5.32 Å². The van der Waals surface area contributed by atoms with Crippen molar-refractivity contribution in [2.45, 2.75) is 6.92 Å². The van der Waals surface area contributed by atoms with Crippen molar-refractivity contribution in [3.8, 4) is 5.75 Å². The number of barbiturate groups is 1. The minimum Gasteiger partial charge on any atom is -0.494 e. The number of imide groups is 2. The van der Waals surface area contributed by atoms with E-state index >= 15 is 0 Å². The third-order valence-corrected chi connectivity index (χ3v) is 3.94. The standard InChI is InChI=1S/C19H15ClN2O4/c1-2-26-15-9-3-12(4-10-15)11-16-17(23)21-19(25)22(18(16)24)14-7-5-13(20)6-8-14/h3-11H,2H2,1H3,(H,21,23,25). The van der Waals surface area contributed by atoms with Crippen molar-refractivity contribution in [1.29, 1.82) is 0 Å². The summed E-state index contributed by atoms with van der Waals surface area (Å²) in [6.07, 6.45) is 1.43. The molecular formula is C19H15ClN2O4. The monoisotopic (exact) mass is 370 g/mol. The maximum Gasteiger partial charge on any atom is 0.335 e. The summed E-state index contributed by atoms with van der Waals surface area (Å²) in [4.78, 5) is 37.9. The van der Waals surface area contributed by atoms with Crippen molar-refractivity contribution < 1.29 is 19.1 Å². The number of nitrogens with zero attached hydrogens (tertiary/aromatic N) is 1. The Kier molecular flexibility index (Phi) is 5.04. The summed E-state index contributed by atoms with van der Waals surface area (Å²) >= 11 is 5.84. The van der Waals surface area contributed by atoms with E-state index < -0.39 is 17.8 Å². The normalized spacial score (nSPS) is 16.0. The molecule has 0 aliphatic carbocycles. The van der Waals surface area contributed by atoms with E-state index in [1.165, 1.54) is 18.2 Å². The summed E-state index contributed by atoms with van der Waals surface area (Å²) in [5, 5.41) is 2.65. The average molecular weight is 371 g/mol. The minimum absolute atomic E-state index is 0.135. The van der Waals surface area contributed by atoms with Gasteiger partial charge in [0, 0.05) is 5.02 Å². The molecule has 1 fully saturated rings. The molecule has 2 aromatic rings. The van der Waals surface area contributed by atoms with Gasteiger partial charge in [0.2, 0.25) is 0 Å². The number of urea groups is 1. The number of benzene rings is 2. The summed E-state index contributed by atoms with van der Waals surface area (Å²) < 4.78 is 5.36. The molecule has 1 N–H and O–H groups in total. The van der Waals surface area contributed by atoms with E-state index in [0.29, 0.717) is 28.6 Å². The Morgan fingerprint density at radius 3 is 2.31 bits per heavy atom. The zero-order valence-electron chi connectivity index (χ0n) is 13.9. The summed E-state index contributed by atoms with van der Waals surface area (Å²) in [5.74, 6) is -0.749. The largest absolute Gasteiger partial charge is 0.494 e. The predicted octanol–water partition coefficient (Wildman–Crippen LogP) is 3.41. The van der Waals surface area contributed by atoms with Gasteiger partial charge in [-0.3, -0.25) is 14.9 Å². The van der Waals surface area contributed by atoms with Crippen LogP contribution in [0.3, 0.4) is 0 Å². The van der Waals surface area contributed by atoms with Crippen LogP contribution in [0.1, 0.15) is 12.5 Å². The summed E-state index contributed by atoms with van der Waals surface area (Å²) in [7, 11) is 0. The summed E-state index contributed by atoms with van der Waals surface area (Å²) in [5.41, 5.74) is 0.822.